The van der Waals surface area contributed by atoms with Gasteiger partial charge in [-0.3, -0.25) is 9.59 Å². The van der Waals surface area contributed by atoms with Crippen LogP contribution in [0.4, 0.5) is 0 Å². The molecule has 1 rings (SSSR count). The van der Waals surface area contributed by atoms with E-state index in [0.717, 1.165) is 0 Å². The summed E-state index contributed by atoms with van der Waals surface area (Å²) in [5, 5.41) is 10.8. The monoisotopic (exact) mass is 257 g/mol. The van der Waals surface area contributed by atoms with Crippen LogP contribution in [0.1, 0.15) is 19.9 Å². The number of thioether (sulfide) groups is 1. The first-order valence-corrected chi connectivity index (χ1v) is 6.06. The summed E-state index contributed by atoms with van der Waals surface area (Å²) in [5.41, 5.74) is 4.91. The molecule has 0 spiro atoms. The first kappa shape index (κ1) is 13.5. The molecular weight excluding hydrogens is 242 g/mol. The Kier molecular flexibility index (Phi) is 4.95. The van der Waals surface area contributed by atoms with E-state index in [1.807, 2.05) is 18.4 Å². The molecule has 0 atom stereocenters. The number of hydrogen-bond acceptors (Lipinski definition) is 5. The van der Waals surface area contributed by atoms with Crippen molar-refractivity contribution < 1.29 is 9.59 Å². The van der Waals surface area contributed by atoms with Crippen molar-refractivity contribution >= 4 is 23.6 Å². The van der Waals surface area contributed by atoms with Crippen molar-refractivity contribution in [1.82, 2.24) is 20.1 Å². The lowest BCUT2D eigenvalue weighted by Gasteiger charge is -2.08. The predicted molar refractivity (Wildman–Crippen MR) is 63.3 cm³/mol. The molecule has 0 aliphatic heterocycles. The quantitative estimate of drug-likeness (QED) is 0.672. The van der Waals surface area contributed by atoms with Gasteiger partial charge in [-0.25, -0.2) is 0 Å². The molecule has 2 amide bonds. The number of primary amides is 1. The van der Waals surface area contributed by atoms with E-state index in [4.69, 9.17) is 5.73 Å². The van der Waals surface area contributed by atoms with Gasteiger partial charge in [-0.2, -0.15) is 0 Å². The molecule has 0 aliphatic carbocycles. The largest absolute Gasteiger partial charge is 0.368 e. The Bertz CT molecular complexity index is 404. The molecule has 0 aromatic carbocycles. The molecule has 94 valence electrons. The first-order valence-electron chi connectivity index (χ1n) is 5.08. The van der Waals surface area contributed by atoms with E-state index in [1.165, 1.54) is 11.8 Å². The third-order valence-electron chi connectivity index (χ3n) is 1.89. The van der Waals surface area contributed by atoms with E-state index in [2.05, 4.69) is 15.5 Å². The predicted octanol–water partition coefficient (Wildman–Crippen LogP) is -0.447. The van der Waals surface area contributed by atoms with Crippen LogP contribution in [-0.2, 0) is 9.59 Å². The minimum Gasteiger partial charge on any atom is -0.368 e. The zero-order chi connectivity index (χ0) is 12.8. The molecule has 0 saturated carbocycles. The number of amides is 2. The van der Waals surface area contributed by atoms with Gasteiger partial charge in [0.2, 0.25) is 11.8 Å². The molecule has 0 radical (unpaired) electrons. The highest BCUT2D eigenvalue weighted by Gasteiger charge is 2.10. The van der Waals surface area contributed by atoms with Crippen LogP contribution in [0.25, 0.3) is 0 Å². The number of rotatable bonds is 6. The van der Waals surface area contributed by atoms with Gasteiger partial charge in [-0.1, -0.05) is 11.8 Å². The molecule has 3 N–H and O–H groups in total. The highest BCUT2D eigenvalue weighted by atomic mass is 32.2. The lowest BCUT2D eigenvalue weighted by atomic mass is 10.4. The highest BCUT2D eigenvalue weighted by molar-refractivity contribution is 7.99. The van der Waals surface area contributed by atoms with Crippen LogP contribution in [0, 0.1) is 0 Å². The summed E-state index contributed by atoms with van der Waals surface area (Å²) in [7, 11) is 0. The minimum absolute atomic E-state index is 0.143. The Morgan fingerprint density at radius 2 is 2.29 bits per heavy atom. The maximum atomic E-state index is 11.3. The van der Waals surface area contributed by atoms with Gasteiger partial charge in [-0.15, -0.1) is 10.2 Å². The summed E-state index contributed by atoms with van der Waals surface area (Å²) in [6.07, 6.45) is 1.62. The van der Waals surface area contributed by atoms with Gasteiger partial charge in [0.25, 0.3) is 0 Å². The standard InChI is InChI=1S/C9H15N5O2S/c1-6(2)14-5-12-13-9(14)17-4-8(16)11-3-7(10)15/h5-6H,3-4H2,1-2H3,(H2,10,15)(H,11,16). The number of aromatic nitrogens is 3. The van der Waals surface area contributed by atoms with Crippen molar-refractivity contribution in [3.05, 3.63) is 6.33 Å². The van der Waals surface area contributed by atoms with Crippen molar-refractivity contribution in [2.24, 2.45) is 5.73 Å². The van der Waals surface area contributed by atoms with Gasteiger partial charge >= 0.3 is 0 Å². The van der Waals surface area contributed by atoms with Gasteiger partial charge in [0.1, 0.15) is 6.33 Å². The molecule has 0 aliphatic rings. The number of hydrogen-bond donors (Lipinski definition) is 2. The van der Waals surface area contributed by atoms with Crippen LogP contribution in [0.3, 0.4) is 0 Å². The summed E-state index contributed by atoms with van der Waals surface area (Å²) < 4.78 is 1.87. The maximum Gasteiger partial charge on any atom is 0.236 e. The summed E-state index contributed by atoms with van der Waals surface area (Å²) in [6.45, 7) is 3.86. The highest BCUT2D eigenvalue weighted by Crippen LogP contribution is 2.18. The van der Waals surface area contributed by atoms with Crippen molar-refractivity contribution in [3.63, 3.8) is 0 Å². The Hall–Kier alpha value is -1.57. The Morgan fingerprint density at radius 1 is 1.59 bits per heavy atom. The van der Waals surface area contributed by atoms with Gasteiger partial charge in [0.15, 0.2) is 5.16 Å². The van der Waals surface area contributed by atoms with E-state index in [-0.39, 0.29) is 24.2 Å². The van der Waals surface area contributed by atoms with Crippen LogP contribution >= 0.6 is 11.8 Å². The maximum absolute atomic E-state index is 11.3. The summed E-state index contributed by atoms with van der Waals surface area (Å²) >= 11 is 1.27. The second kappa shape index (κ2) is 6.24. The molecule has 7 nitrogen and oxygen atoms in total. The molecule has 1 aromatic rings. The number of nitrogens with zero attached hydrogens (tertiary/aromatic N) is 3. The topological polar surface area (TPSA) is 103 Å². The van der Waals surface area contributed by atoms with Crippen molar-refractivity contribution in [3.8, 4) is 0 Å². The van der Waals surface area contributed by atoms with Crippen LogP contribution in [0.15, 0.2) is 11.5 Å². The molecule has 0 unspecified atom stereocenters. The molecule has 0 bridgehead atoms. The van der Waals surface area contributed by atoms with Crippen LogP contribution in [0.2, 0.25) is 0 Å². The van der Waals surface area contributed by atoms with Crippen LogP contribution < -0.4 is 11.1 Å². The fourth-order valence-electron chi connectivity index (χ4n) is 1.06. The zero-order valence-corrected chi connectivity index (χ0v) is 10.5. The third-order valence-corrected chi connectivity index (χ3v) is 2.85. The smallest absolute Gasteiger partial charge is 0.236 e. The number of nitrogens with one attached hydrogen (secondary N) is 1. The molecule has 1 aromatic heterocycles. The SMILES string of the molecule is CC(C)n1cnnc1SCC(=O)NCC(N)=O. The average molecular weight is 257 g/mol. The van der Waals surface area contributed by atoms with Crippen LogP contribution in [0.5, 0.6) is 0 Å². The van der Waals surface area contributed by atoms with Crippen molar-refractivity contribution in [2.45, 2.75) is 25.0 Å². The normalized spacial score (nSPS) is 10.5. The summed E-state index contributed by atoms with van der Waals surface area (Å²) in [6, 6.07) is 0.237. The lowest BCUT2D eigenvalue weighted by Crippen LogP contribution is -2.34. The Balaban J connectivity index is 2.42. The minimum atomic E-state index is -0.561. The van der Waals surface area contributed by atoms with Crippen molar-refractivity contribution in [2.75, 3.05) is 12.3 Å². The number of carbonyl (C=O) groups excluding carboxylic acids is 2. The van der Waals surface area contributed by atoms with Gasteiger partial charge in [0, 0.05) is 6.04 Å². The lowest BCUT2D eigenvalue weighted by molar-refractivity contribution is -0.123. The third kappa shape index (κ3) is 4.43. The second-order valence-corrected chi connectivity index (χ2v) is 4.59. The average Bonchev–Trinajstić information content (AvgIpc) is 2.71. The summed E-state index contributed by atoms with van der Waals surface area (Å²) in [4.78, 5) is 21.8. The van der Waals surface area contributed by atoms with Crippen LogP contribution in [-0.4, -0.2) is 38.9 Å². The number of carbonyl (C=O) groups is 2. The molecule has 1 heterocycles. The Morgan fingerprint density at radius 3 is 2.88 bits per heavy atom. The van der Waals surface area contributed by atoms with Gasteiger partial charge in [-0.05, 0) is 13.8 Å². The van der Waals surface area contributed by atoms with Gasteiger partial charge in [0.05, 0.1) is 12.3 Å². The van der Waals surface area contributed by atoms with Crippen molar-refractivity contribution in [1.29, 1.82) is 0 Å². The zero-order valence-electron chi connectivity index (χ0n) is 9.71. The molecule has 17 heavy (non-hydrogen) atoms. The molecular formula is C9H15N5O2S. The van der Waals surface area contributed by atoms with Gasteiger partial charge < -0.3 is 15.6 Å². The summed E-state index contributed by atoms with van der Waals surface area (Å²) in [5.74, 6) is -0.639. The fraction of sp³-hybridized carbons (Fsp3) is 0.556. The Labute approximate surface area is 103 Å². The fourth-order valence-corrected chi connectivity index (χ4v) is 1.93. The second-order valence-electron chi connectivity index (χ2n) is 3.65. The molecule has 0 saturated heterocycles. The van der Waals surface area contributed by atoms with E-state index < -0.39 is 5.91 Å². The van der Waals surface area contributed by atoms with E-state index in [9.17, 15) is 9.59 Å². The molecule has 8 heteroatoms. The van der Waals surface area contributed by atoms with E-state index >= 15 is 0 Å². The van der Waals surface area contributed by atoms with E-state index in [1.54, 1.807) is 6.33 Å². The first-order chi connectivity index (χ1) is 8.00. The number of nitrogens with two attached hydrogens (primary N) is 1. The molecule has 0 fully saturated rings. The van der Waals surface area contributed by atoms with E-state index in [0.29, 0.717) is 5.16 Å².